The predicted molar refractivity (Wildman–Crippen MR) is 232 cm³/mol. The van der Waals surface area contributed by atoms with Crippen LogP contribution in [0.15, 0.2) is 206 Å². The molecule has 55 heavy (non-hydrogen) atoms. The molecule has 0 saturated carbocycles. The summed E-state index contributed by atoms with van der Waals surface area (Å²) in [5.74, 6) is 0. The van der Waals surface area contributed by atoms with Gasteiger partial charge < -0.3 is 9.47 Å². The largest absolute Gasteiger partial charge is 0.310 e. The quantitative estimate of drug-likeness (QED) is 0.168. The van der Waals surface area contributed by atoms with Gasteiger partial charge in [-0.05, 0) is 122 Å². The lowest BCUT2D eigenvalue weighted by molar-refractivity contribution is 1.19. The molecule has 2 heteroatoms. The molecule has 9 aromatic carbocycles. The molecule has 0 bridgehead atoms. The lowest BCUT2D eigenvalue weighted by atomic mass is 9.98. The topological polar surface area (TPSA) is 8.17 Å². The van der Waals surface area contributed by atoms with Gasteiger partial charge in [-0.1, -0.05) is 146 Å². The fraction of sp³-hybridized carbons (Fsp3) is 0.0189. The average Bonchev–Trinajstić information content (AvgIpc) is 3.80. The molecule has 0 aliphatic heterocycles. The predicted octanol–water partition coefficient (Wildman–Crippen LogP) is 14.3. The van der Waals surface area contributed by atoms with Crippen LogP contribution in [-0.4, -0.2) is 4.57 Å². The van der Waals surface area contributed by atoms with Gasteiger partial charge in [0.2, 0.25) is 0 Å². The number of hydrogen-bond donors (Lipinski definition) is 0. The van der Waals surface area contributed by atoms with Crippen LogP contribution < -0.4 is 4.90 Å². The molecule has 10 aromatic rings. The molecule has 0 unspecified atom stereocenters. The minimum atomic E-state index is 0.954. The van der Waals surface area contributed by atoms with Crippen molar-refractivity contribution in [3.63, 3.8) is 0 Å². The van der Waals surface area contributed by atoms with Crippen LogP contribution in [0, 0.1) is 0 Å². The molecule has 0 atom stereocenters. The Morgan fingerprint density at radius 1 is 0.364 bits per heavy atom. The smallest absolute Gasteiger partial charge is 0.0547 e. The average molecular weight is 701 g/mol. The van der Waals surface area contributed by atoms with Crippen molar-refractivity contribution in [2.24, 2.45) is 0 Å². The van der Waals surface area contributed by atoms with E-state index in [1.54, 1.807) is 0 Å². The second-order valence-electron chi connectivity index (χ2n) is 14.6. The number of anilines is 3. The zero-order valence-electron chi connectivity index (χ0n) is 30.2. The van der Waals surface area contributed by atoms with Crippen molar-refractivity contribution in [1.82, 2.24) is 4.57 Å². The Kier molecular flexibility index (Phi) is 7.28. The summed E-state index contributed by atoms with van der Waals surface area (Å²) in [6.07, 6.45) is 0.954. The van der Waals surface area contributed by atoms with E-state index in [1.165, 1.54) is 82.8 Å². The lowest BCUT2D eigenvalue weighted by Crippen LogP contribution is -2.10. The van der Waals surface area contributed by atoms with E-state index in [0.717, 1.165) is 23.5 Å². The fourth-order valence-corrected chi connectivity index (χ4v) is 8.80. The van der Waals surface area contributed by atoms with E-state index in [0.29, 0.717) is 0 Å². The van der Waals surface area contributed by atoms with Crippen LogP contribution in [0.4, 0.5) is 17.1 Å². The molecule has 0 N–H and O–H groups in total. The van der Waals surface area contributed by atoms with Gasteiger partial charge in [-0.15, -0.1) is 0 Å². The molecule has 0 saturated heterocycles. The van der Waals surface area contributed by atoms with Gasteiger partial charge in [0.05, 0.1) is 11.0 Å². The zero-order chi connectivity index (χ0) is 36.3. The first-order valence-electron chi connectivity index (χ1n) is 19.1. The summed E-state index contributed by atoms with van der Waals surface area (Å²) < 4.78 is 2.42. The molecule has 1 heterocycles. The molecule has 0 fully saturated rings. The molecular formula is C53H36N2. The van der Waals surface area contributed by atoms with Gasteiger partial charge in [-0.2, -0.15) is 0 Å². The Morgan fingerprint density at radius 2 is 0.982 bits per heavy atom. The first kappa shape index (κ1) is 31.4. The number of rotatable bonds is 6. The van der Waals surface area contributed by atoms with Crippen LogP contribution in [0.1, 0.15) is 11.1 Å². The highest BCUT2D eigenvalue weighted by Gasteiger charge is 2.22. The van der Waals surface area contributed by atoms with Crippen LogP contribution in [0.2, 0.25) is 0 Å². The molecule has 0 amide bonds. The van der Waals surface area contributed by atoms with E-state index >= 15 is 0 Å². The monoisotopic (exact) mass is 700 g/mol. The van der Waals surface area contributed by atoms with E-state index in [9.17, 15) is 0 Å². The van der Waals surface area contributed by atoms with E-state index in [4.69, 9.17) is 0 Å². The number of hydrogen-bond acceptors (Lipinski definition) is 1. The highest BCUT2D eigenvalue weighted by atomic mass is 15.1. The maximum atomic E-state index is 2.42. The number of fused-ring (bicyclic) bond motifs is 7. The summed E-state index contributed by atoms with van der Waals surface area (Å²) in [7, 11) is 0. The second kappa shape index (κ2) is 12.8. The van der Waals surface area contributed by atoms with Gasteiger partial charge in [0.1, 0.15) is 0 Å². The molecule has 1 aliphatic carbocycles. The summed E-state index contributed by atoms with van der Waals surface area (Å²) in [5.41, 5.74) is 17.3. The highest BCUT2D eigenvalue weighted by molar-refractivity contribution is 6.16. The SMILES string of the molecule is c1ccc(-c2ccc(N(c3ccc(-c4cccc5c4c4ccccc4n5-c4ccc5ccccc5c4)cc3)c3ccc4c(c3)Cc3ccccc3-4)cc2)cc1. The van der Waals surface area contributed by atoms with Crippen LogP contribution in [0.5, 0.6) is 0 Å². The summed E-state index contributed by atoms with van der Waals surface area (Å²) in [4.78, 5) is 2.40. The zero-order valence-corrected chi connectivity index (χ0v) is 30.2. The first-order chi connectivity index (χ1) is 27.3. The molecule has 0 spiro atoms. The third-order valence-corrected chi connectivity index (χ3v) is 11.4. The Hall–Kier alpha value is -7.16. The normalized spacial score (nSPS) is 11.9. The summed E-state index contributed by atoms with van der Waals surface area (Å²) in [6, 6.07) is 75.4. The van der Waals surface area contributed by atoms with Crippen molar-refractivity contribution >= 4 is 49.6 Å². The van der Waals surface area contributed by atoms with Gasteiger partial charge in [0.25, 0.3) is 0 Å². The Labute approximate surface area is 320 Å². The number of nitrogens with zero attached hydrogens (tertiary/aromatic N) is 2. The summed E-state index contributed by atoms with van der Waals surface area (Å²) in [6.45, 7) is 0. The highest BCUT2D eigenvalue weighted by Crippen LogP contribution is 2.44. The van der Waals surface area contributed by atoms with Crippen molar-refractivity contribution in [1.29, 1.82) is 0 Å². The minimum Gasteiger partial charge on any atom is -0.310 e. The van der Waals surface area contributed by atoms with Crippen molar-refractivity contribution in [3.8, 4) is 39.1 Å². The van der Waals surface area contributed by atoms with Crippen LogP contribution in [-0.2, 0) is 6.42 Å². The van der Waals surface area contributed by atoms with E-state index in [2.05, 4.69) is 216 Å². The third kappa shape index (κ3) is 5.26. The van der Waals surface area contributed by atoms with Crippen LogP contribution >= 0.6 is 0 Å². The standard InChI is InChI=1S/C53H36N2/c1-2-11-36(12-3-1)38-21-26-43(27-22-38)54(45-31-32-48-42(35-45)33-41-15-6-7-16-47(41)48)44-28-24-39(25-29-44)49-18-10-20-52-53(49)50-17-8-9-19-51(50)55(52)46-30-23-37-13-4-5-14-40(37)34-46/h1-32,34-35H,33H2. The molecule has 0 radical (unpaired) electrons. The summed E-state index contributed by atoms with van der Waals surface area (Å²) >= 11 is 0. The van der Waals surface area contributed by atoms with Gasteiger partial charge in [0, 0.05) is 33.5 Å². The van der Waals surface area contributed by atoms with Gasteiger partial charge in [-0.3, -0.25) is 0 Å². The molecule has 1 aromatic heterocycles. The lowest BCUT2D eigenvalue weighted by Gasteiger charge is -2.26. The summed E-state index contributed by atoms with van der Waals surface area (Å²) in [5, 5.41) is 5.01. The number of para-hydroxylation sites is 1. The molecule has 1 aliphatic rings. The van der Waals surface area contributed by atoms with Crippen molar-refractivity contribution in [2.45, 2.75) is 6.42 Å². The molecule has 2 nitrogen and oxygen atoms in total. The van der Waals surface area contributed by atoms with E-state index < -0.39 is 0 Å². The Balaban J connectivity index is 1.03. The van der Waals surface area contributed by atoms with Crippen LogP contribution in [0.3, 0.4) is 0 Å². The van der Waals surface area contributed by atoms with Gasteiger partial charge in [0.15, 0.2) is 0 Å². The van der Waals surface area contributed by atoms with E-state index in [1.807, 2.05) is 0 Å². The maximum absolute atomic E-state index is 2.42. The van der Waals surface area contributed by atoms with Crippen LogP contribution in [0.25, 0.3) is 71.6 Å². The molecule has 11 rings (SSSR count). The van der Waals surface area contributed by atoms with Crippen molar-refractivity contribution < 1.29 is 0 Å². The van der Waals surface area contributed by atoms with Gasteiger partial charge >= 0.3 is 0 Å². The Morgan fingerprint density at radius 3 is 1.82 bits per heavy atom. The minimum absolute atomic E-state index is 0.954. The fourth-order valence-electron chi connectivity index (χ4n) is 8.80. The third-order valence-electron chi connectivity index (χ3n) is 11.4. The second-order valence-corrected chi connectivity index (χ2v) is 14.6. The maximum Gasteiger partial charge on any atom is 0.0547 e. The van der Waals surface area contributed by atoms with E-state index in [-0.39, 0.29) is 0 Å². The Bertz CT molecular complexity index is 3040. The van der Waals surface area contributed by atoms with Crippen molar-refractivity contribution in [2.75, 3.05) is 4.90 Å². The number of aromatic nitrogens is 1. The molecule has 258 valence electrons. The number of benzene rings is 9. The van der Waals surface area contributed by atoms with Gasteiger partial charge in [-0.25, -0.2) is 0 Å². The van der Waals surface area contributed by atoms with Crippen molar-refractivity contribution in [3.05, 3.63) is 217 Å². The molecular weight excluding hydrogens is 665 g/mol. The first-order valence-corrected chi connectivity index (χ1v) is 19.1.